The van der Waals surface area contributed by atoms with Gasteiger partial charge in [-0.3, -0.25) is 19.2 Å². The fourth-order valence-corrected chi connectivity index (χ4v) is 7.59. The summed E-state index contributed by atoms with van der Waals surface area (Å²) in [6, 6.07) is 24.8. The van der Waals surface area contributed by atoms with Crippen molar-refractivity contribution < 1.29 is 18.4 Å². The molecule has 0 aliphatic carbocycles. The van der Waals surface area contributed by atoms with Crippen LogP contribution in [-0.2, 0) is 49.4 Å². The number of anilines is 2. The van der Waals surface area contributed by atoms with Crippen LogP contribution in [0.4, 0.5) is 20.2 Å². The van der Waals surface area contributed by atoms with Crippen LogP contribution in [0.15, 0.2) is 107 Å². The molecule has 2 aromatic heterocycles. The minimum atomic E-state index is -0.268. The van der Waals surface area contributed by atoms with E-state index in [-0.39, 0.29) is 34.6 Å². The molecule has 56 heavy (non-hydrogen) atoms. The fraction of sp³-hybridized carbons (Fsp3) is 0.217. The second-order valence-corrected chi connectivity index (χ2v) is 14.6. The molecule has 0 atom stereocenters. The molecule has 2 amide bonds. The van der Waals surface area contributed by atoms with Crippen LogP contribution in [-0.4, -0.2) is 20.9 Å². The first-order valence-electron chi connectivity index (χ1n) is 18.6. The number of carbonyl (C=O) groups excluding carboxylic acids is 2. The van der Waals surface area contributed by atoms with E-state index in [2.05, 4.69) is 16.7 Å². The van der Waals surface area contributed by atoms with E-state index in [1.54, 1.807) is 47.5 Å². The number of halogens is 2. The smallest absolute Gasteiger partial charge is 0.253 e. The Morgan fingerprint density at radius 1 is 0.571 bits per heavy atom. The van der Waals surface area contributed by atoms with Gasteiger partial charge in [0, 0.05) is 61.8 Å². The molecule has 0 bridgehead atoms. The van der Waals surface area contributed by atoms with Crippen LogP contribution < -0.4 is 21.8 Å². The van der Waals surface area contributed by atoms with E-state index in [0.29, 0.717) is 49.7 Å². The summed E-state index contributed by atoms with van der Waals surface area (Å²) >= 11 is 0. The van der Waals surface area contributed by atoms with Crippen molar-refractivity contribution in [3.63, 3.8) is 0 Å². The number of hydrogen-bond donors (Lipinski definition) is 2. The van der Waals surface area contributed by atoms with Crippen LogP contribution >= 0.6 is 0 Å². The maximum Gasteiger partial charge on any atom is 0.253 e. The van der Waals surface area contributed by atoms with Gasteiger partial charge in [0.1, 0.15) is 11.6 Å². The molecule has 0 radical (unpaired) electrons. The molecule has 2 aliphatic rings. The van der Waals surface area contributed by atoms with Gasteiger partial charge in [-0.25, -0.2) is 8.78 Å². The zero-order valence-electron chi connectivity index (χ0n) is 31.8. The normalized spacial score (nSPS) is 13.2. The van der Waals surface area contributed by atoms with Crippen LogP contribution in [0, 0.1) is 25.5 Å². The Bertz CT molecular complexity index is 2500. The summed E-state index contributed by atoms with van der Waals surface area (Å²) in [5, 5.41) is 5.90. The van der Waals surface area contributed by atoms with Gasteiger partial charge in [-0.2, -0.15) is 0 Å². The second kappa shape index (κ2) is 15.7. The summed E-state index contributed by atoms with van der Waals surface area (Å²) in [7, 11) is 3.49. The molecule has 284 valence electrons. The van der Waals surface area contributed by atoms with E-state index in [4.69, 9.17) is 0 Å². The highest BCUT2D eigenvalue weighted by Gasteiger charge is 2.22. The quantitative estimate of drug-likeness (QED) is 0.180. The van der Waals surface area contributed by atoms with Crippen molar-refractivity contribution in [2.24, 2.45) is 14.1 Å². The van der Waals surface area contributed by atoms with E-state index >= 15 is 0 Å². The van der Waals surface area contributed by atoms with E-state index in [0.717, 1.165) is 67.0 Å². The molecule has 2 aliphatic heterocycles. The third-order valence-electron chi connectivity index (χ3n) is 10.5. The van der Waals surface area contributed by atoms with Crippen molar-refractivity contribution in [2.75, 3.05) is 10.6 Å². The lowest BCUT2D eigenvalue weighted by Gasteiger charge is -2.23. The molecule has 0 saturated carbocycles. The lowest BCUT2D eigenvalue weighted by molar-refractivity contribution is -0.117. The second-order valence-electron chi connectivity index (χ2n) is 14.6. The van der Waals surface area contributed by atoms with Crippen molar-refractivity contribution in [2.45, 2.75) is 52.4 Å². The van der Waals surface area contributed by atoms with Gasteiger partial charge in [0.05, 0.1) is 0 Å². The molecule has 0 spiro atoms. The Kier molecular flexibility index (Phi) is 10.6. The van der Waals surface area contributed by atoms with Gasteiger partial charge in [-0.1, -0.05) is 30.3 Å². The van der Waals surface area contributed by atoms with E-state index in [1.807, 2.05) is 56.6 Å². The topological polar surface area (TPSA) is 102 Å². The van der Waals surface area contributed by atoms with Crippen molar-refractivity contribution >= 4 is 23.2 Å². The zero-order valence-corrected chi connectivity index (χ0v) is 31.8. The van der Waals surface area contributed by atoms with Gasteiger partial charge in [0.15, 0.2) is 0 Å². The number of hydrogen-bond acceptors (Lipinski definition) is 4. The number of fused-ring (bicyclic) bond motifs is 2. The number of nitrogens with zero attached hydrogens (tertiary/aromatic N) is 2. The van der Waals surface area contributed by atoms with Gasteiger partial charge >= 0.3 is 0 Å². The molecule has 8 nitrogen and oxygen atoms in total. The van der Waals surface area contributed by atoms with Crippen LogP contribution in [0.1, 0.15) is 57.3 Å². The van der Waals surface area contributed by atoms with Gasteiger partial charge in [-0.05, 0) is 150 Å². The number of pyridine rings is 2. The molecule has 8 rings (SSSR count). The van der Waals surface area contributed by atoms with Crippen molar-refractivity contribution in [1.82, 2.24) is 9.13 Å². The highest BCUT2D eigenvalue weighted by molar-refractivity contribution is 5.96. The molecule has 4 heterocycles. The molecular weight excluding hydrogens is 711 g/mol. The number of amides is 2. The van der Waals surface area contributed by atoms with Crippen LogP contribution in [0.2, 0.25) is 0 Å². The van der Waals surface area contributed by atoms with Crippen molar-refractivity contribution in [3.8, 4) is 22.3 Å². The van der Waals surface area contributed by atoms with Crippen LogP contribution in [0.3, 0.4) is 0 Å². The number of benzene rings is 4. The Morgan fingerprint density at radius 2 is 1.09 bits per heavy atom. The first-order chi connectivity index (χ1) is 26.8. The maximum absolute atomic E-state index is 13.3. The lowest BCUT2D eigenvalue weighted by atomic mass is 9.87. The third kappa shape index (κ3) is 8.15. The summed E-state index contributed by atoms with van der Waals surface area (Å²) in [5.74, 6) is -0.493. The largest absolute Gasteiger partial charge is 0.326 e. The standard InChI is InChI=1S/2C23H21FN2O2/c1-14-9-18(13-26(2)23(14)28)20-11-16-5-8-22(27)25-21(16)12-17(20)10-15-3-6-19(24)7-4-15;1-14-11-16(13-26(2)23(14)28)18-7-9-21-19(8-10-22(27)25-21)20(18)12-15-3-5-17(24)6-4-15/h3-4,6-7,9,11-13H,5,8,10H2,1-2H3,(H,25,27);3-7,9,11,13H,8,10,12H2,1-2H3,(H,25,27). The van der Waals surface area contributed by atoms with Gasteiger partial charge < -0.3 is 19.8 Å². The Balaban J connectivity index is 0.000000172. The van der Waals surface area contributed by atoms with Crippen molar-refractivity contribution in [3.05, 3.63) is 174 Å². The van der Waals surface area contributed by atoms with E-state index < -0.39 is 0 Å². The molecule has 2 N–H and O–H groups in total. The Hall–Kier alpha value is -6.42. The number of aromatic nitrogens is 2. The SMILES string of the molecule is Cc1cc(-c2cc3c(cc2Cc2ccc(F)cc2)NC(=O)CC3)cn(C)c1=O.Cc1cc(-c2ccc3c(c2Cc2ccc(F)cc2)CCC(=O)N3)cn(C)c1=O. The summed E-state index contributed by atoms with van der Waals surface area (Å²) in [5.41, 5.74) is 13.2. The first-order valence-corrected chi connectivity index (χ1v) is 18.6. The van der Waals surface area contributed by atoms with Crippen LogP contribution in [0.5, 0.6) is 0 Å². The summed E-state index contributed by atoms with van der Waals surface area (Å²) < 4.78 is 29.8. The van der Waals surface area contributed by atoms with Crippen LogP contribution in [0.25, 0.3) is 22.3 Å². The molecule has 0 fully saturated rings. The maximum atomic E-state index is 13.3. The fourth-order valence-electron chi connectivity index (χ4n) is 7.59. The van der Waals surface area contributed by atoms with E-state index in [1.165, 1.54) is 24.3 Å². The highest BCUT2D eigenvalue weighted by atomic mass is 19.1. The summed E-state index contributed by atoms with van der Waals surface area (Å²) in [6.07, 6.45) is 7.16. The predicted octanol–water partition coefficient (Wildman–Crippen LogP) is 7.95. The molecular formula is C46H42F2N4O4. The minimum Gasteiger partial charge on any atom is -0.326 e. The minimum absolute atomic E-state index is 0.0194. The summed E-state index contributed by atoms with van der Waals surface area (Å²) in [6.45, 7) is 3.62. The third-order valence-corrected chi connectivity index (χ3v) is 10.5. The molecule has 10 heteroatoms. The lowest BCUT2D eigenvalue weighted by Crippen LogP contribution is -2.21. The number of aryl methyl sites for hydroxylation is 5. The van der Waals surface area contributed by atoms with Gasteiger partial charge in [0.2, 0.25) is 11.8 Å². The predicted molar refractivity (Wildman–Crippen MR) is 216 cm³/mol. The average molecular weight is 753 g/mol. The monoisotopic (exact) mass is 752 g/mol. The Morgan fingerprint density at radius 3 is 1.66 bits per heavy atom. The van der Waals surface area contributed by atoms with Crippen molar-refractivity contribution in [1.29, 1.82) is 0 Å². The number of carbonyl (C=O) groups is 2. The van der Waals surface area contributed by atoms with Gasteiger partial charge in [-0.15, -0.1) is 0 Å². The summed E-state index contributed by atoms with van der Waals surface area (Å²) in [4.78, 5) is 47.9. The molecule has 4 aromatic carbocycles. The first kappa shape index (κ1) is 37.9. The van der Waals surface area contributed by atoms with E-state index in [9.17, 15) is 28.0 Å². The number of nitrogens with one attached hydrogen (secondary N) is 2. The number of rotatable bonds is 6. The van der Waals surface area contributed by atoms with Gasteiger partial charge in [0.25, 0.3) is 11.1 Å². The zero-order chi connectivity index (χ0) is 39.7. The average Bonchev–Trinajstić information content (AvgIpc) is 3.17. The Labute approximate surface area is 323 Å². The molecule has 0 unspecified atom stereocenters. The molecule has 6 aromatic rings. The highest BCUT2D eigenvalue weighted by Crippen LogP contribution is 2.36. The molecule has 0 saturated heterocycles.